The van der Waals surface area contributed by atoms with Crippen molar-refractivity contribution in [2.45, 2.75) is 296 Å². The van der Waals surface area contributed by atoms with E-state index in [0.29, 0.717) is 17.4 Å². The molecule has 0 bridgehead atoms. The Bertz CT molecular complexity index is 2470. The van der Waals surface area contributed by atoms with E-state index in [1.807, 2.05) is 21.1 Å². The second kappa shape index (κ2) is 79.3. The standard InChI is InChI=1S/C92H145NO8/c1-6-8-10-12-14-16-18-20-22-24-26-28-30-32-34-36-38-40-42-44-45-47-49-51-53-55-57-59-61-63-65-67-69-71-73-75-77-79-81-83-90(95)101-88(87-100-92(91(96)97)98-85-84-93(3,4)5)86-99-89(94)82-80-78-76-74-72-70-68-66-64-62-60-58-56-54-52-50-48-46-43-41-39-37-35-33-31-29-27-25-23-21-19-17-15-13-11-9-7-2/h8-11,14-17,20-23,26-29,32-35,38-41,44-45,49,51,55,57,61,63,67,69,73,75,88,92H,6-7,12-13,18-19,24-25,30-31,36-37,42-43,46-48,50,52-54,56,58-60,62,64-66,68,70-72,74,76-87H2,1-5H3/p+1/b10-8-,11-9-,16-14-,17-15-,22-20-,23-21-,28-26-,29-27-,34-32-,35-33-,40-38-,41-39-,45-44-,51-49-,57-55-,63-61-,69-67-,75-73-. The maximum Gasteiger partial charge on any atom is 0.361 e. The van der Waals surface area contributed by atoms with Gasteiger partial charge in [-0.2, -0.15) is 0 Å². The molecule has 2 atom stereocenters. The normalized spacial score (nSPS) is 13.9. The third kappa shape index (κ3) is 80.8. The van der Waals surface area contributed by atoms with Crippen molar-refractivity contribution in [3.05, 3.63) is 219 Å². The van der Waals surface area contributed by atoms with E-state index in [1.165, 1.54) is 103 Å². The molecule has 9 nitrogen and oxygen atoms in total. The molecule has 0 radical (unpaired) electrons. The van der Waals surface area contributed by atoms with E-state index in [0.717, 1.165) is 148 Å². The number of quaternary nitrogens is 1. The summed E-state index contributed by atoms with van der Waals surface area (Å²) in [6.07, 6.45) is 122. The number of rotatable bonds is 71. The summed E-state index contributed by atoms with van der Waals surface area (Å²) in [6.45, 7) is 4.59. The third-order valence-corrected chi connectivity index (χ3v) is 16.2. The monoisotopic (exact) mass is 1390 g/mol. The number of ether oxygens (including phenoxy) is 4. The lowest BCUT2D eigenvalue weighted by Gasteiger charge is -2.25. The van der Waals surface area contributed by atoms with E-state index in [1.54, 1.807) is 0 Å². The summed E-state index contributed by atoms with van der Waals surface area (Å²) < 4.78 is 23.0. The molecule has 0 aliphatic rings. The summed E-state index contributed by atoms with van der Waals surface area (Å²) in [6, 6.07) is 0. The molecule has 0 aliphatic heterocycles. The van der Waals surface area contributed by atoms with Crippen LogP contribution in [0.2, 0.25) is 0 Å². The molecule has 0 amide bonds. The van der Waals surface area contributed by atoms with Gasteiger partial charge in [-0.05, 0) is 154 Å². The van der Waals surface area contributed by atoms with Crippen LogP contribution in [0.15, 0.2) is 219 Å². The molecule has 0 spiro atoms. The molecule has 0 saturated carbocycles. The van der Waals surface area contributed by atoms with Gasteiger partial charge < -0.3 is 28.5 Å². The Morgan fingerprint density at radius 3 is 0.812 bits per heavy atom. The number of carboxylic acids is 1. The van der Waals surface area contributed by atoms with Gasteiger partial charge in [-0.3, -0.25) is 9.59 Å². The highest BCUT2D eigenvalue weighted by Gasteiger charge is 2.25. The SMILES string of the molecule is CC/C=C\C/C=C\C/C=C\C/C=C\C/C=C\C/C=C\C/C=C\C/C=C\C/C=C\C/C=C\C/C=C\C/C=C\CCCCC(=O)OC(COC(=O)CCCCCCCCCCCCCCCCCCCC/C=C\C/C=C\C/C=C\C/C=C\C/C=C\C/C=C\CC)COC(OCC[N+](C)(C)C)C(=O)O. The molecule has 101 heavy (non-hydrogen) atoms. The Labute approximate surface area is 619 Å². The molecule has 1 N–H and O–H groups in total. The highest BCUT2D eigenvalue weighted by Crippen LogP contribution is 2.17. The van der Waals surface area contributed by atoms with Crippen molar-refractivity contribution in [1.29, 1.82) is 0 Å². The van der Waals surface area contributed by atoms with Gasteiger partial charge in [0.25, 0.3) is 6.29 Å². The maximum atomic E-state index is 13.0. The smallest absolute Gasteiger partial charge is 0.361 e. The van der Waals surface area contributed by atoms with Crippen LogP contribution in [0.1, 0.15) is 284 Å². The highest BCUT2D eigenvalue weighted by atomic mass is 16.7. The molecule has 566 valence electrons. The van der Waals surface area contributed by atoms with Gasteiger partial charge in [-0.15, -0.1) is 0 Å². The molecule has 0 heterocycles. The summed E-state index contributed by atoms with van der Waals surface area (Å²) in [5.74, 6) is -2.08. The summed E-state index contributed by atoms with van der Waals surface area (Å²) in [5, 5.41) is 9.77. The minimum absolute atomic E-state index is 0.169. The quantitative estimate of drug-likeness (QED) is 0.0211. The molecule has 0 aromatic carbocycles. The van der Waals surface area contributed by atoms with Gasteiger partial charge >= 0.3 is 17.9 Å². The summed E-state index contributed by atoms with van der Waals surface area (Å²) in [7, 11) is 5.95. The van der Waals surface area contributed by atoms with Crippen molar-refractivity contribution in [2.24, 2.45) is 0 Å². The fourth-order valence-electron chi connectivity index (χ4n) is 10.2. The lowest BCUT2D eigenvalue weighted by atomic mass is 10.0. The molecule has 0 aliphatic carbocycles. The molecule has 9 heteroatoms. The fourth-order valence-corrected chi connectivity index (χ4v) is 10.2. The van der Waals surface area contributed by atoms with E-state index in [2.05, 4.69) is 233 Å². The van der Waals surface area contributed by atoms with E-state index in [9.17, 15) is 19.5 Å². The first kappa shape index (κ1) is 94.6. The van der Waals surface area contributed by atoms with Crippen LogP contribution >= 0.6 is 0 Å². The van der Waals surface area contributed by atoms with Gasteiger partial charge in [0.1, 0.15) is 13.2 Å². The van der Waals surface area contributed by atoms with Crippen molar-refractivity contribution in [3.8, 4) is 0 Å². The number of esters is 2. The minimum atomic E-state index is -1.54. The van der Waals surface area contributed by atoms with Gasteiger partial charge in [0.2, 0.25) is 0 Å². The minimum Gasteiger partial charge on any atom is -0.477 e. The number of unbranched alkanes of at least 4 members (excludes halogenated alkanes) is 20. The van der Waals surface area contributed by atoms with Crippen LogP contribution in [0.5, 0.6) is 0 Å². The van der Waals surface area contributed by atoms with Crippen LogP contribution in [0.4, 0.5) is 0 Å². The van der Waals surface area contributed by atoms with E-state index >= 15 is 0 Å². The van der Waals surface area contributed by atoms with Crippen molar-refractivity contribution in [1.82, 2.24) is 0 Å². The zero-order valence-corrected chi connectivity index (χ0v) is 64.7. The predicted molar refractivity (Wildman–Crippen MR) is 437 cm³/mol. The molecule has 2 unspecified atom stereocenters. The first-order valence-electron chi connectivity index (χ1n) is 39.9. The Morgan fingerprint density at radius 2 is 0.535 bits per heavy atom. The first-order valence-corrected chi connectivity index (χ1v) is 39.9. The van der Waals surface area contributed by atoms with Crippen LogP contribution in [0.25, 0.3) is 0 Å². The zero-order valence-electron chi connectivity index (χ0n) is 64.7. The van der Waals surface area contributed by atoms with Crippen LogP contribution in [-0.4, -0.2) is 87.4 Å². The molecule has 0 aromatic rings. The van der Waals surface area contributed by atoms with Crippen molar-refractivity contribution in [3.63, 3.8) is 0 Å². The third-order valence-electron chi connectivity index (χ3n) is 16.2. The molecule has 0 rings (SSSR count). The number of allylic oxidation sites excluding steroid dienone is 36. The van der Waals surface area contributed by atoms with Crippen molar-refractivity contribution in [2.75, 3.05) is 47.5 Å². The van der Waals surface area contributed by atoms with Crippen LogP contribution in [0, 0.1) is 0 Å². The average Bonchev–Trinajstić information content (AvgIpc) is 1.21. The Kier molecular flexibility index (Phi) is 74.3. The van der Waals surface area contributed by atoms with Gasteiger partial charge in [0.15, 0.2) is 6.10 Å². The predicted octanol–water partition coefficient (Wildman–Crippen LogP) is 26.0. The van der Waals surface area contributed by atoms with E-state index < -0.39 is 24.3 Å². The first-order chi connectivity index (χ1) is 49.6. The van der Waals surface area contributed by atoms with Gasteiger partial charge in [0.05, 0.1) is 34.4 Å². The lowest BCUT2D eigenvalue weighted by molar-refractivity contribution is -0.870. The summed E-state index contributed by atoms with van der Waals surface area (Å²) in [5.41, 5.74) is 0. The van der Waals surface area contributed by atoms with Gasteiger partial charge in [0, 0.05) is 12.8 Å². The summed E-state index contributed by atoms with van der Waals surface area (Å²) >= 11 is 0. The largest absolute Gasteiger partial charge is 0.477 e. The molecule has 0 saturated heterocycles. The molecular weight excluding hydrogens is 1250 g/mol. The zero-order chi connectivity index (χ0) is 73.2. The second-order valence-electron chi connectivity index (χ2n) is 26.9. The molecule has 0 fully saturated rings. The number of aliphatic carboxylic acids is 1. The Balaban J connectivity index is 4.19. The number of carboxylic acid groups (broad SMARTS) is 1. The van der Waals surface area contributed by atoms with E-state index in [-0.39, 0.29) is 38.6 Å². The number of carbonyl (C=O) groups excluding carboxylic acids is 2. The number of likely N-dealkylation sites (N-methyl/N-ethyl adjacent to an activating group) is 1. The summed E-state index contributed by atoms with van der Waals surface area (Å²) in [4.78, 5) is 37.7. The Hall–Kier alpha value is -6.39. The number of carbonyl (C=O) groups is 3. The highest BCUT2D eigenvalue weighted by molar-refractivity contribution is 5.71. The number of hydrogen-bond donors (Lipinski definition) is 1. The number of nitrogens with zero attached hydrogens (tertiary/aromatic N) is 1. The van der Waals surface area contributed by atoms with Crippen LogP contribution in [0.3, 0.4) is 0 Å². The molecular formula is C92H146NO8+. The second-order valence-corrected chi connectivity index (χ2v) is 26.9. The van der Waals surface area contributed by atoms with Gasteiger partial charge in [-0.1, -0.05) is 335 Å². The molecule has 0 aromatic heterocycles. The van der Waals surface area contributed by atoms with Crippen molar-refractivity contribution < 1.29 is 42.9 Å². The maximum absolute atomic E-state index is 13.0. The van der Waals surface area contributed by atoms with Crippen LogP contribution < -0.4 is 0 Å². The topological polar surface area (TPSA) is 108 Å². The van der Waals surface area contributed by atoms with E-state index in [4.69, 9.17) is 18.9 Å². The van der Waals surface area contributed by atoms with Gasteiger partial charge in [-0.25, -0.2) is 4.79 Å². The lowest BCUT2D eigenvalue weighted by Crippen LogP contribution is -2.40. The van der Waals surface area contributed by atoms with Crippen molar-refractivity contribution >= 4 is 17.9 Å². The number of hydrogen-bond acceptors (Lipinski definition) is 7. The Morgan fingerprint density at radius 1 is 0.297 bits per heavy atom. The van der Waals surface area contributed by atoms with Crippen LogP contribution in [-0.2, 0) is 33.3 Å². The average molecular weight is 1390 g/mol. The fraction of sp³-hybridized carbons (Fsp3) is 0.576.